The molecule has 0 radical (unpaired) electrons. The van der Waals surface area contributed by atoms with Gasteiger partial charge in [-0.15, -0.1) is 0 Å². The van der Waals surface area contributed by atoms with Crippen LogP contribution in [-0.2, 0) is 14.3 Å². The maximum Gasteiger partial charge on any atom is 0.152 e. The maximum absolute atomic E-state index is 12.0. The third-order valence-corrected chi connectivity index (χ3v) is 3.87. The van der Waals surface area contributed by atoms with Gasteiger partial charge in [-0.25, -0.2) is 0 Å². The molecule has 98 valence electrons. The molecule has 0 aliphatic carbocycles. The number of ketones is 1. The van der Waals surface area contributed by atoms with Crippen LogP contribution in [0.25, 0.3) is 0 Å². The molecule has 2 aliphatic heterocycles. The normalized spacial score (nSPS) is 27.5. The summed E-state index contributed by atoms with van der Waals surface area (Å²) >= 11 is 0. The highest BCUT2D eigenvalue weighted by Crippen LogP contribution is 2.19. The molecule has 2 saturated heterocycles. The number of hydrogen-bond acceptors (Lipinski definition) is 4. The van der Waals surface area contributed by atoms with Crippen molar-refractivity contribution in [3.63, 3.8) is 0 Å². The summed E-state index contributed by atoms with van der Waals surface area (Å²) in [7, 11) is 1.76. The molecule has 0 aromatic rings. The van der Waals surface area contributed by atoms with Crippen LogP contribution in [0, 0.1) is 11.8 Å². The summed E-state index contributed by atoms with van der Waals surface area (Å²) in [6.45, 7) is 4.94. The molecule has 2 fully saturated rings. The number of Topliss-reactive ketones (excluding diaryl/α,β-unsaturated/α-hetero) is 1. The Morgan fingerprint density at radius 2 is 2.12 bits per heavy atom. The van der Waals surface area contributed by atoms with Gasteiger partial charge in [0.15, 0.2) is 5.78 Å². The van der Waals surface area contributed by atoms with Crippen molar-refractivity contribution in [2.24, 2.45) is 11.8 Å². The Morgan fingerprint density at radius 3 is 2.71 bits per heavy atom. The van der Waals surface area contributed by atoms with Gasteiger partial charge in [-0.3, -0.25) is 9.69 Å². The van der Waals surface area contributed by atoms with Crippen LogP contribution in [0.15, 0.2) is 0 Å². The quantitative estimate of drug-likeness (QED) is 0.718. The van der Waals surface area contributed by atoms with Crippen molar-refractivity contribution in [1.29, 1.82) is 0 Å². The summed E-state index contributed by atoms with van der Waals surface area (Å²) in [6.07, 6.45) is 3.23. The summed E-state index contributed by atoms with van der Waals surface area (Å²) in [5, 5.41) is 0. The fourth-order valence-electron chi connectivity index (χ4n) is 2.68. The van der Waals surface area contributed by atoms with Gasteiger partial charge in [-0.1, -0.05) is 0 Å². The molecule has 2 rings (SSSR count). The zero-order valence-electron chi connectivity index (χ0n) is 10.7. The lowest BCUT2D eigenvalue weighted by atomic mass is 9.96. The van der Waals surface area contributed by atoms with E-state index in [0.717, 1.165) is 45.6 Å². The number of piperidine rings is 1. The van der Waals surface area contributed by atoms with E-state index in [1.807, 2.05) is 0 Å². The summed E-state index contributed by atoms with van der Waals surface area (Å²) in [4.78, 5) is 14.3. The lowest BCUT2D eigenvalue weighted by Gasteiger charge is -2.31. The van der Waals surface area contributed by atoms with Gasteiger partial charge in [0, 0.05) is 26.2 Å². The van der Waals surface area contributed by atoms with Gasteiger partial charge in [0.1, 0.15) is 0 Å². The van der Waals surface area contributed by atoms with E-state index in [0.29, 0.717) is 24.9 Å². The first-order valence-electron chi connectivity index (χ1n) is 6.61. The topological polar surface area (TPSA) is 38.8 Å². The molecule has 0 aromatic heterocycles. The van der Waals surface area contributed by atoms with Gasteiger partial charge >= 0.3 is 0 Å². The van der Waals surface area contributed by atoms with Gasteiger partial charge in [0.2, 0.25) is 0 Å². The van der Waals surface area contributed by atoms with Crippen LogP contribution in [0.5, 0.6) is 0 Å². The molecule has 1 atom stereocenters. The second-order valence-corrected chi connectivity index (χ2v) is 5.20. The van der Waals surface area contributed by atoms with Crippen molar-refractivity contribution in [3.05, 3.63) is 0 Å². The molecule has 2 aliphatic rings. The summed E-state index contributed by atoms with van der Waals surface area (Å²) in [5.74, 6) is 1.21. The van der Waals surface area contributed by atoms with Crippen LogP contribution in [0.2, 0.25) is 0 Å². The SMILES string of the molecule is COCC1CCN(CC(=O)C2CCOC2)CC1. The lowest BCUT2D eigenvalue weighted by Crippen LogP contribution is -2.40. The Hall–Kier alpha value is -0.450. The molecule has 2 heterocycles. The molecule has 0 saturated carbocycles. The Kier molecular flexibility index (Phi) is 4.95. The number of nitrogens with zero attached hydrogens (tertiary/aromatic N) is 1. The molecule has 0 N–H and O–H groups in total. The largest absolute Gasteiger partial charge is 0.384 e. The van der Waals surface area contributed by atoms with Gasteiger partial charge < -0.3 is 9.47 Å². The van der Waals surface area contributed by atoms with Crippen LogP contribution in [-0.4, -0.2) is 57.2 Å². The van der Waals surface area contributed by atoms with Crippen molar-refractivity contribution in [2.75, 3.05) is 46.6 Å². The minimum atomic E-state index is 0.159. The number of ether oxygens (including phenoxy) is 2. The van der Waals surface area contributed by atoms with Crippen molar-refractivity contribution in [3.8, 4) is 0 Å². The highest BCUT2D eigenvalue weighted by Gasteiger charge is 2.26. The Bertz CT molecular complexity index is 243. The van der Waals surface area contributed by atoms with Crippen molar-refractivity contribution in [2.45, 2.75) is 19.3 Å². The number of hydrogen-bond donors (Lipinski definition) is 0. The third kappa shape index (κ3) is 3.76. The zero-order valence-corrected chi connectivity index (χ0v) is 10.7. The van der Waals surface area contributed by atoms with E-state index in [2.05, 4.69) is 4.90 Å². The second kappa shape index (κ2) is 6.47. The van der Waals surface area contributed by atoms with Crippen LogP contribution in [0.1, 0.15) is 19.3 Å². The van der Waals surface area contributed by atoms with E-state index in [4.69, 9.17) is 9.47 Å². The van der Waals surface area contributed by atoms with Crippen molar-refractivity contribution >= 4 is 5.78 Å². The first kappa shape index (κ1) is 13.0. The molecule has 4 heteroatoms. The first-order chi connectivity index (χ1) is 8.29. The van der Waals surface area contributed by atoms with Crippen LogP contribution < -0.4 is 0 Å². The van der Waals surface area contributed by atoms with E-state index >= 15 is 0 Å². The average Bonchev–Trinajstić information content (AvgIpc) is 2.86. The smallest absolute Gasteiger partial charge is 0.152 e. The molecule has 0 spiro atoms. The summed E-state index contributed by atoms with van der Waals surface area (Å²) in [5.41, 5.74) is 0. The second-order valence-electron chi connectivity index (χ2n) is 5.20. The van der Waals surface area contributed by atoms with Crippen LogP contribution in [0.3, 0.4) is 0 Å². The predicted molar refractivity (Wildman–Crippen MR) is 65.0 cm³/mol. The Balaban J connectivity index is 1.68. The standard InChI is InChI=1S/C13H23NO3/c1-16-9-11-2-5-14(6-3-11)8-13(15)12-4-7-17-10-12/h11-12H,2-10H2,1H3. The van der Waals surface area contributed by atoms with Gasteiger partial charge in [-0.05, 0) is 38.3 Å². The lowest BCUT2D eigenvalue weighted by molar-refractivity contribution is -0.124. The van der Waals surface area contributed by atoms with Gasteiger partial charge in [0.25, 0.3) is 0 Å². The maximum atomic E-state index is 12.0. The Morgan fingerprint density at radius 1 is 1.35 bits per heavy atom. The number of likely N-dealkylation sites (tertiary alicyclic amines) is 1. The molecule has 4 nitrogen and oxygen atoms in total. The van der Waals surface area contributed by atoms with Gasteiger partial charge in [0.05, 0.1) is 13.2 Å². The molecule has 0 aromatic carbocycles. The first-order valence-corrected chi connectivity index (χ1v) is 6.61. The molecular formula is C13H23NO3. The molecule has 1 unspecified atom stereocenters. The van der Waals surface area contributed by atoms with E-state index in [9.17, 15) is 4.79 Å². The van der Waals surface area contributed by atoms with Crippen LogP contribution >= 0.6 is 0 Å². The number of rotatable bonds is 5. The fourth-order valence-corrected chi connectivity index (χ4v) is 2.68. The highest BCUT2D eigenvalue weighted by atomic mass is 16.5. The fraction of sp³-hybridized carbons (Fsp3) is 0.923. The van der Waals surface area contributed by atoms with E-state index in [1.165, 1.54) is 0 Å². The molecule has 0 amide bonds. The minimum absolute atomic E-state index is 0.159. The van der Waals surface area contributed by atoms with E-state index < -0.39 is 0 Å². The monoisotopic (exact) mass is 241 g/mol. The molecule has 0 bridgehead atoms. The average molecular weight is 241 g/mol. The number of carbonyl (C=O) groups excluding carboxylic acids is 1. The summed E-state index contributed by atoms with van der Waals surface area (Å²) < 4.78 is 10.4. The molecule has 17 heavy (non-hydrogen) atoms. The van der Waals surface area contributed by atoms with Crippen molar-refractivity contribution in [1.82, 2.24) is 4.90 Å². The molecular weight excluding hydrogens is 218 g/mol. The zero-order chi connectivity index (χ0) is 12.1. The predicted octanol–water partition coefficient (Wildman–Crippen LogP) is 0.950. The Labute approximate surface area is 103 Å². The highest BCUT2D eigenvalue weighted by molar-refractivity contribution is 5.83. The van der Waals surface area contributed by atoms with E-state index in [-0.39, 0.29) is 5.92 Å². The van der Waals surface area contributed by atoms with Crippen molar-refractivity contribution < 1.29 is 14.3 Å². The summed E-state index contributed by atoms with van der Waals surface area (Å²) in [6, 6.07) is 0. The third-order valence-electron chi connectivity index (χ3n) is 3.87. The minimum Gasteiger partial charge on any atom is -0.384 e. The number of carbonyl (C=O) groups is 1. The van der Waals surface area contributed by atoms with E-state index in [1.54, 1.807) is 7.11 Å². The van der Waals surface area contributed by atoms with Gasteiger partial charge in [-0.2, -0.15) is 0 Å². The van der Waals surface area contributed by atoms with Crippen LogP contribution in [0.4, 0.5) is 0 Å². The number of methoxy groups -OCH3 is 1.